The molecule has 0 bridgehead atoms. The summed E-state index contributed by atoms with van der Waals surface area (Å²) in [6, 6.07) is 1.26. The number of alkyl halides is 6. The van der Waals surface area contributed by atoms with E-state index in [1.807, 2.05) is 0 Å². The number of allylic oxidation sites excluding steroid dienone is 1. The van der Waals surface area contributed by atoms with Gasteiger partial charge in [0.2, 0.25) is 5.91 Å². The van der Waals surface area contributed by atoms with E-state index in [-0.39, 0.29) is 24.8 Å². The van der Waals surface area contributed by atoms with E-state index in [0.29, 0.717) is 38.0 Å². The van der Waals surface area contributed by atoms with Gasteiger partial charge in [-0.1, -0.05) is 12.2 Å². The van der Waals surface area contributed by atoms with Gasteiger partial charge < -0.3 is 14.8 Å². The maximum absolute atomic E-state index is 13.0. The average molecular weight is 439 g/mol. The molecule has 1 aromatic carbocycles. The van der Waals surface area contributed by atoms with Crippen molar-refractivity contribution in [3.8, 4) is 0 Å². The number of halogens is 6. The summed E-state index contributed by atoms with van der Waals surface area (Å²) < 4.78 is 88.3. The quantitative estimate of drug-likeness (QED) is 0.362. The Morgan fingerprint density at radius 2 is 1.70 bits per heavy atom. The molecule has 0 aromatic heterocycles. The number of nitrogens with one attached hydrogen (secondary N) is 1. The van der Waals surface area contributed by atoms with Gasteiger partial charge in [0.05, 0.1) is 36.4 Å². The zero-order valence-electron chi connectivity index (χ0n) is 16.4. The van der Waals surface area contributed by atoms with Crippen molar-refractivity contribution in [3.63, 3.8) is 0 Å². The minimum Gasteiger partial charge on any atom is -0.382 e. The largest absolute Gasteiger partial charge is 0.416 e. The van der Waals surface area contributed by atoms with Gasteiger partial charge in [0.15, 0.2) is 0 Å². The van der Waals surface area contributed by atoms with Crippen LogP contribution in [0.1, 0.15) is 36.0 Å². The lowest BCUT2D eigenvalue weighted by atomic mass is 9.85. The number of methoxy groups -OCH3 is 1. The van der Waals surface area contributed by atoms with Crippen molar-refractivity contribution in [1.29, 1.82) is 0 Å². The number of hydrogen-bond donors (Lipinski definition) is 1. The molecule has 1 unspecified atom stereocenters. The molecule has 0 heterocycles. The van der Waals surface area contributed by atoms with Crippen LogP contribution in [0.2, 0.25) is 0 Å². The van der Waals surface area contributed by atoms with E-state index in [1.165, 1.54) is 7.11 Å². The molecule has 1 fully saturated rings. The smallest absolute Gasteiger partial charge is 0.382 e. The summed E-state index contributed by atoms with van der Waals surface area (Å²) in [6.07, 6.45) is -8.54. The van der Waals surface area contributed by atoms with Crippen molar-refractivity contribution in [1.82, 2.24) is 5.32 Å². The fourth-order valence-corrected chi connectivity index (χ4v) is 3.35. The third kappa shape index (κ3) is 6.21. The van der Waals surface area contributed by atoms with E-state index in [2.05, 4.69) is 11.9 Å². The number of carbonyl (C=O) groups excluding carboxylic acids is 1. The second kappa shape index (κ2) is 9.38. The molecule has 1 amide bonds. The van der Waals surface area contributed by atoms with Crippen molar-refractivity contribution < 1.29 is 40.6 Å². The Bertz CT molecular complexity index is 743. The maximum Gasteiger partial charge on any atom is 0.416 e. The maximum atomic E-state index is 13.0. The van der Waals surface area contributed by atoms with E-state index in [4.69, 9.17) is 9.47 Å². The van der Waals surface area contributed by atoms with Crippen LogP contribution in [0.15, 0.2) is 30.4 Å². The standard InChI is InChI=1S/C20H23F6NO3/c1-13-3-4-18(10-13,12-30-6-5-29-2)17(28)27-11-14-7-15(19(21,22)23)9-16(8-14)20(24,25)26/h7-9H,1,3-6,10-12H2,2H3,(H,27,28). The highest BCUT2D eigenvalue weighted by molar-refractivity contribution is 5.83. The lowest BCUT2D eigenvalue weighted by Crippen LogP contribution is -2.42. The summed E-state index contributed by atoms with van der Waals surface area (Å²) in [6.45, 7) is 4.01. The SMILES string of the molecule is C=C1CCC(COCCOC)(C(=O)NCc2cc(C(F)(F)F)cc(C(F)(F)F)c2)C1. The first-order chi connectivity index (χ1) is 13.9. The van der Waals surface area contributed by atoms with Crippen molar-refractivity contribution in [2.24, 2.45) is 5.41 Å². The molecule has 1 aliphatic carbocycles. The molecule has 2 rings (SSSR count). The minimum atomic E-state index is -4.94. The van der Waals surface area contributed by atoms with Crippen LogP contribution in [-0.4, -0.2) is 32.8 Å². The Morgan fingerprint density at radius 3 is 2.17 bits per heavy atom. The molecule has 4 nitrogen and oxygen atoms in total. The lowest BCUT2D eigenvalue weighted by Gasteiger charge is -2.27. The van der Waals surface area contributed by atoms with Crippen LogP contribution in [0.4, 0.5) is 26.3 Å². The highest BCUT2D eigenvalue weighted by Crippen LogP contribution is 2.41. The van der Waals surface area contributed by atoms with Crippen LogP contribution >= 0.6 is 0 Å². The summed E-state index contributed by atoms with van der Waals surface area (Å²) in [5.74, 6) is -0.496. The number of amides is 1. The fourth-order valence-electron chi connectivity index (χ4n) is 3.35. The van der Waals surface area contributed by atoms with E-state index in [9.17, 15) is 31.1 Å². The summed E-state index contributed by atoms with van der Waals surface area (Å²) in [7, 11) is 1.49. The van der Waals surface area contributed by atoms with Gasteiger partial charge in [-0.15, -0.1) is 0 Å². The van der Waals surface area contributed by atoms with E-state index in [0.717, 1.165) is 5.57 Å². The number of hydrogen-bond acceptors (Lipinski definition) is 3. The van der Waals surface area contributed by atoms with Gasteiger partial charge in [-0.05, 0) is 43.0 Å². The van der Waals surface area contributed by atoms with Crippen LogP contribution in [-0.2, 0) is 33.2 Å². The van der Waals surface area contributed by atoms with Crippen molar-refractivity contribution >= 4 is 5.91 Å². The molecule has 10 heteroatoms. The Morgan fingerprint density at radius 1 is 1.10 bits per heavy atom. The number of rotatable bonds is 8. The van der Waals surface area contributed by atoms with E-state index in [1.54, 1.807) is 0 Å². The Kier molecular flexibility index (Phi) is 7.57. The molecular formula is C20H23F6NO3. The molecule has 0 aliphatic heterocycles. The molecule has 0 spiro atoms. The van der Waals surface area contributed by atoms with Gasteiger partial charge in [0, 0.05) is 13.7 Å². The highest BCUT2D eigenvalue weighted by Gasteiger charge is 2.43. The lowest BCUT2D eigenvalue weighted by molar-refractivity contribution is -0.143. The third-order valence-electron chi connectivity index (χ3n) is 4.94. The van der Waals surface area contributed by atoms with Gasteiger partial charge in [-0.25, -0.2) is 0 Å². The normalized spacial score (nSPS) is 19.9. The first kappa shape index (κ1) is 24.2. The summed E-state index contributed by atoms with van der Waals surface area (Å²) >= 11 is 0. The monoisotopic (exact) mass is 439 g/mol. The average Bonchev–Trinajstić information content (AvgIpc) is 3.04. The summed E-state index contributed by atoms with van der Waals surface area (Å²) in [5.41, 5.74) is -3.27. The van der Waals surface area contributed by atoms with Gasteiger partial charge in [-0.3, -0.25) is 4.79 Å². The molecular weight excluding hydrogens is 416 g/mol. The van der Waals surface area contributed by atoms with Gasteiger partial charge in [0.25, 0.3) is 0 Å². The van der Waals surface area contributed by atoms with Crippen molar-refractivity contribution in [2.45, 2.75) is 38.2 Å². The van der Waals surface area contributed by atoms with Crippen LogP contribution in [0.5, 0.6) is 0 Å². The Labute approximate surface area is 170 Å². The van der Waals surface area contributed by atoms with Gasteiger partial charge in [0.1, 0.15) is 0 Å². The molecule has 30 heavy (non-hydrogen) atoms. The van der Waals surface area contributed by atoms with E-state index >= 15 is 0 Å². The minimum absolute atomic E-state index is 0.0530. The second-order valence-corrected chi connectivity index (χ2v) is 7.35. The summed E-state index contributed by atoms with van der Waals surface area (Å²) in [5, 5.41) is 2.47. The zero-order chi connectivity index (χ0) is 22.6. The predicted octanol–water partition coefficient (Wildman–Crippen LogP) is 4.73. The first-order valence-corrected chi connectivity index (χ1v) is 9.17. The molecule has 1 aliphatic rings. The summed E-state index contributed by atoms with van der Waals surface area (Å²) in [4.78, 5) is 12.8. The van der Waals surface area contributed by atoms with Crippen molar-refractivity contribution in [2.75, 3.05) is 26.9 Å². The predicted molar refractivity (Wildman–Crippen MR) is 96.4 cm³/mol. The van der Waals surface area contributed by atoms with Crippen molar-refractivity contribution in [3.05, 3.63) is 47.0 Å². The van der Waals surface area contributed by atoms with E-state index < -0.39 is 41.3 Å². The third-order valence-corrected chi connectivity index (χ3v) is 4.94. The van der Waals surface area contributed by atoms with Crippen LogP contribution < -0.4 is 5.32 Å². The highest BCUT2D eigenvalue weighted by atomic mass is 19.4. The van der Waals surface area contributed by atoms with Gasteiger partial charge >= 0.3 is 12.4 Å². The molecule has 1 aromatic rings. The number of carbonyl (C=O) groups is 1. The van der Waals surface area contributed by atoms with Crippen LogP contribution in [0, 0.1) is 5.41 Å². The molecule has 1 atom stereocenters. The molecule has 1 N–H and O–H groups in total. The first-order valence-electron chi connectivity index (χ1n) is 9.17. The number of benzene rings is 1. The Balaban J connectivity index is 2.17. The molecule has 1 saturated carbocycles. The van der Waals surface area contributed by atoms with Crippen LogP contribution in [0.3, 0.4) is 0 Å². The fraction of sp³-hybridized carbons (Fsp3) is 0.550. The van der Waals surface area contributed by atoms with Gasteiger partial charge in [-0.2, -0.15) is 26.3 Å². The zero-order valence-corrected chi connectivity index (χ0v) is 16.4. The van der Waals surface area contributed by atoms with Crippen LogP contribution in [0.25, 0.3) is 0 Å². The molecule has 0 radical (unpaired) electrons. The molecule has 0 saturated heterocycles. The Hall–Kier alpha value is -2.07. The number of ether oxygens (including phenoxy) is 2. The second-order valence-electron chi connectivity index (χ2n) is 7.35. The molecule has 168 valence electrons. The topological polar surface area (TPSA) is 47.6 Å².